The molecule has 0 saturated heterocycles. The average molecular weight is 224 g/mol. The molecule has 2 aromatic heterocycles. The zero-order chi connectivity index (χ0) is 11.7. The highest BCUT2D eigenvalue weighted by atomic mass is 19.1. The van der Waals surface area contributed by atoms with Crippen molar-refractivity contribution in [1.29, 1.82) is 0 Å². The van der Waals surface area contributed by atoms with Gasteiger partial charge in [-0.25, -0.2) is 4.39 Å². The molecular weight excluding hydrogens is 215 g/mol. The van der Waals surface area contributed by atoms with Crippen molar-refractivity contribution in [1.82, 2.24) is 9.97 Å². The van der Waals surface area contributed by atoms with Gasteiger partial charge in [-0.3, -0.25) is 9.97 Å². The van der Waals surface area contributed by atoms with E-state index in [1.807, 2.05) is 24.3 Å². The molecule has 0 saturated carbocycles. The fourth-order valence-electron chi connectivity index (χ4n) is 1.77. The van der Waals surface area contributed by atoms with Crippen molar-refractivity contribution in [3.8, 4) is 11.3 Å². The van der Waals surface area contributed by atoms with Crippen LogP contribution >= 0.6 is 0 Å². The first kappa shape index (κ1) is 9.90. The van der Waals surface area contributed by atoms with Crippen molar-refractivity contribution in [2.75, 3.05) is 0 Å². The van der Waals surface area contributed by atoms with Gasteiger partial charge in [-0.15, -0.1) is 0 Å². The maximum absolute atomic E-state index is 13.0. The van der Waals surface area contributed by atoms with E-state index in [1.165, 1.54) is 12.1 Å². The molecule has 0 radical (unpaired) electrons. The molecule has 82 valence electrons. The summed E-state index contributed by atoms with van der Waals surface area (Å²) in [6.07, 6.45) is 3.45. The van der Waals surface area contributed by atoms with Crippen LogP contribution in [-0.4, -0.2) is 9.97 Å². The Bertz CT molecular complexity index is 665. The Morgan fingerprint density at radius 3 is 2.71 bits per heavy atom. The lowest BCUT2D eigenvalue weighted by molar-refractivity contribution is 0.629. The van der Waals surface area contributed by atoms with E-state index in [0.29, 0.717) is 5.52 Å². The Morgan fingerprint density at radius 2 is 1.88 bits per heavy atom. The number of fused-ring (bicyclic) bond motifs is 1. The first-order chi connectivity index (χ1) is 8.33. The standard InChI is InChI=1S/C14H9FN2/c15-12-5-4-10-7-11(9-17-14(10)8-12)13-3-1-2-6-16-13/h1-9H. The van der Waals surface area contributed by atoms with Crippen molar-refractivity contribution in [2.24, 2.45) is 0 Å². The Kier molecular flexibility index (Phi) is 2.29. The zero-order valence-corrected chi connectivity index (χ0v) is 8.97. The van der Waals surface area contributed by atoms with Crippen LogP contribution in [0.3, 0.4) is 0 Å². The number of pyridine rings is 2. The van der Waals surface area contributed by atoms with Gasteiger partial charge in [-0.05, 0) is 30.3 Å². The Labute approximate surface area is 97.8 Å². The number of nitrogens with zero attached hydrogens (tertiary/aromatic N) is 2. The van der Waals surface area contributed by atoms with Gasteiger partial charge >= 0.3 is 0 Å². The van der Waals surface area contributed by atoms with Crippen molar-refractivity contribution in [2.45, 2.75) is 0 Å². The predicted octanol–water partition coefficient (Wildman–Crippen LogP) is 3.44. The molecule has 3 rings (SSSR count). The van der Waals surface area contributed by atoms with Gasteiger partial charge in [0, 0.05) is 29.4 Å². The van der Waals surface area contributed by atoms with E-state index in [2.05, 4.69) is 9.97 Å². The molecule has 2 heterocycles. The molecule has 0 amide bonds. The normalized spacial score (nSPS) is 10.6. The smallest absolute Gasteiger partial charge is 0.125 e. The molecule has 0 spiro atoms. The summed E-state index contributed by atoms with van der Waals surface area (Å²) in [7, 11) is 0. The fraction of sp³-hybridized carbons (Fsp3) is 0. The van der Waals surface area contributed by atoms with Crippen molar-refractivity contribution in [3.05, 3.63) is 60.7 Å². The SMILES string of the molecule is Fc1ccc2cc(-c3ccccn3)cnc2c1. The molecule has 0 N–H and O–H groups in total. The van der Waals surface area contributed by atoms with Crippen LogP contribution in [-0.2, 0) is 0 Å². The van der Waals surface area contributed by atoms with Gasteiger partial charge in [-0.2, -0.15) is 0 Å². The van der Waals surface area contributed by atoms with E-state index in [9.17, 15) is 4.39 Å². The molecular formula is C14H9FN2. The van der Waals surface area contributed by atoms with E-state index in [0.717, 1.165) is 16.6 Å². The number of benzene rings is 1. The van der Waals surface area contributed by atoms with Crippen LogP contribution in [0.15, 0.2) is 54.9 Å². The van der Waals surface area contributed by atoms with E-state index in [4.69, 9.17) is 0 Å². The third-order valence-corrected chi connectivity index (χ3v) is 2.61. The number of aromatic nitrogens is 2. The highest BCUT2D eigenvalue weighted by molar-refractivity contribution is 5.82. The van der Waals surface area contributed by atoms with E-state index in [-0.39, 0.29) is 5.82 Å². The van der Waals surface area contributed by atoms with Gasteiger partial charge in [0.05, 0.1) is 11.2 Å². The zero-order valence-electron chi connectivity index (χ0n) is 8.97. The van der Waals surface area contributed by atoms with Crippen LogP contribution in [0.5, 0.6) is 0 Å². The fourth-order valence-corrected chi connectivity index (χ4v) is 1.77. The van der Waals surface area contributed by atoms with Crippen LogP contribution in [0.1, 0.15) is 0 Å². The van der Waals surface area contributed by atoms with Gasteiger partial charge in [0.15, 0.2) is 0 Å². The largest absolute Gasteiger partial charge is 0.256 e. The summed E-state index contributed by atoms with van der Waals surface area (Å²) < 4.78 is 13.0. The molecule has 0 aliphatic heterocycles. The molecule has 2 nitrogen and oxygen atoms in total. The van der Waals surface area contributed by atoms with Crippen LogP contribution in [0.4, 0.5) is 4.39 Å². The first-order valence-electron chi connectivity index (χ1n) is 5.30. The molecule has 17 heavy (non-hydrogen) atoms. The predicted molar refractivity (Wildman–Crippen MR) is 64.9 cm³/mol. The lowest BCUT2D eigenvalue weighted by Crippen LogP contribution is -1.86. The summed E-state index contributed by atoms with van der Waals surface area (Å²) in [5, 5.41) is 0.912. The molecule has 0 fully saturated rings. The highest BCUT2D eigenvalue weighted by Gasteiger charge is 2.02. The van der Waals surface area contributed by atoms with E-state index in [1.54, 1.807) is 18.5 Å². The molecule has 3 heteroatoms. The number of halogens is 1. The van der Waals surface area contributed by atoms with Crippen LogP contribution < -0.4 is 0 Å². The molecule has 0 aliphatic rings. The second-order valence-electron chi connectivity index (χ2n) is 3.78. The average Bonchev–Trinajstić information content (AvgIpc) is 2.39. The third kappa shape index (κ3) is 1.87. The molecule has 0 bridgehead atoms. The third-order valence-electron chi connectivity index (χ3n) is 2.61. The maximum Gasteiger partial charge on any atom is 0.125 e. The quantitative estimate of drug-likeness (QED) is 0.632. The molecule has 3 aromatic rings. The van der Waals surface area contributed by atoms with Gasteiger partial charge in [-0.1, -0.05) is 6.07 Å². The number of hydrogen-bond donors (Lipinski definition) is 0. The van der Waals surface area contributed by atoms with Crippen molar-refractivity contribution < 1.29 is 4.39 Å². The van der Waals surface area contributed by atoms with E-state index >= 15 is 0 Å². The van der Waals surface area contributed by atoms with Crippen LogP contribution in [0, 0.1) is 5.82 Å². The van der Waals surface area contributed by atoms with Crippen molar-refractivity contribution in [3.63, 3.8) is 0 Å². The van der Waals surface area contributed by atoms with E-state index < -0.39 is 0 Å². The Hall–Kier alpha value is -2.29. The second kappa shape index (κ2) is 3.94. The minimum Gasteiger partial charge on any atom is -0.256 e. The highest BCUT2D eigenvalue weighted by Crippen LogP contribution is 2.21. The molecule has 0 atom stereocenters. The summed E-state index contributed by atoms with van der Waals surface area (Å²) in [6, 6.07) is 12.3. The monoisotopic (exact) mass is 224 g/mol. The minimum atomic E-state index is -0.268. The first-order valence-corrected chi connectivity index (χ1v) is 5.30. The van der Waals surface area contributed by atoms with Gasteiger partial charge < -0.3 is 0 Å². The van der Waals surface area contributed by atoms with Gasteiger partial charge in [0.2, 0.25) is 0 Å². The number of rotatable bonds is 1. The summed E-state index contributed by atoms with van der Waals surface area (Å²) >= 11 is 0. The lowest BCUT2D eigenvalue weighted by atomic mass is 10.1. The summed E-state index contributed by atoms with van der Waals surface area (Å²) in [5.41, 5.74) is 2.46. The maximum atomic E-state index is 13.0. The Balaban J connectivity index is 2.17. The summed E-state index contributed by atoms with van der Waals surface area (Å²) in [4.78, 5) is 8.50. The molecule has 1 aromatic carbocycles. The van der Waals surface area contributed by atoms with Crippen LogP contribution in [0.2, 0.25) is 0 Å². The number of hydrogen-bond acceptors (Lipinski definition) is 2. The topological polar surface area (TPSA) is 25.8 Å². The molecule has 0 unspecified atom stereocenters. The minimum absolute atomic E-state index is 0.268. The summed E-state index contributed by atoms with van der Waals surface area (Å²) in [6.45, 7) is 0. The Morgan fingerprint density at radius 1 is 0.941 bits per heavy atom. The van der Waals surface area contributed by atoms with Crippen molar-refractivity contribution >= 4 is 10.9 Å². The van der Waals surface area contributed by atoms with Crippen LogP contribution in [0.25, 0.3) is 22.2 Å². The second-order valence-corrected chi connectivity index (χ2v) is 3.78. The van der Waals surface area contributed by atoms with Gasteiger partial charge in [0.25, 0.3) is 0 Å². The lowest BCUT2D eigenvalue weighted by Gasteiger charge is -2.02. The van der Waals surface area contributed by atoms with Gasteiger partial charge in [0.1, 0.15) is 5.82 Å². The summed E-state index contributed by atoms with van der Waals surface area (Å²) in [5.74, 6) is -0.268. The molecule has 0 aliphatic carbocycles.